The second kappa shape index (κ2) is 4.10. The zero-order valence-corrected chi connectivity index (χ0v) is 7.27. The van der Waals surface area contributed by atoms with E-state index in [-0.39, 0.29) is 11.3 Å². The third kappa shape index (κ3) is 2.11. The van der Waals surface area contributed by atoms with Crippen LogP contribution in [0.15, 0.2) is 24.3 Å². The first kappa shape index (κ1) is 9.81. The van der Waals surface area contributed by atoms with Crippen molar-refractivity contribution in [3.8, 4) is 11.8 Å². The van der Waals surface area contributed by atoms with Gasteiger partial charge in [0.2, 0.25) is 0 Å². The molecule has 1 aromatic rings. The highest BCUT2D eigenvalue weighted by atomic mass is 16.3. The number of allylic oxidation sites excluding steroid dienone is 1. The molecule has 0 radical (unpaired) electrons. The highest BCUT2D eigenvalue weighted by Gasteiger charge is 2.06. The molecule has 0 aliphatic rings. The lowest BCUT2D eigenvalue weighted by Gasteiger charge is -2.00. The van der Waals surface area contributed by atoms with Crippen molar-refractivity contribution in [2.75, 3.05) is 0 Å². The van der Waals surface area contributed by atoms with Gasteiger partial charge in [0.15, 0.2) is 0 Å². The zero-order chi connectivity index (χ0) is 10.6. The van der Waals surface area contributed by atoms with Gasteiger partial charge in [0.25, 0.3) is 5.91 Å². The van der Waals surface area contributed by atoms with Crippen molar-refractivity contribution in [1.29, 1.82) is 5.26 Å². The van der Waals surface area contributed by atoms with E-state index in [9.17, 15) is 9.90 Å². The molecular weight excluding hydrogens is 180 g/mol. The minimum Gasteiger partial charge on any atom is -0.507 e. The van der Waals surface area contributed by atoms with Gasteiger partial charge in [-0.15, -0.1) is 0 Å². The van der Waals surface area contributed by atoms with E-state index in [1.165, 1.54) is 24.3 Å². The number of nitriles is 1. The third-order valence-electron chi connectivity index (χ3n) is 1.64. The summed E-state index contributed by atoms with van der Waals surface area (Å²) in [5, 5.41) is 17.5. The highest BCUT2D eigenvalue weighted by molar-refractivity contribution is 5.96. The van der Waals surface area contributed by atoms with Gasteiger partial charge in [-0.2, -0.15) is 5.26 Å². The molecule has 70 valence electrons. The summed E-state index contributed by atoms with van der Waals surface area (Å²) in [6.45, 7) is 0. The fraction of sp³-hybridized carbons (Fsp3) is 0. The lowest BCUT2D eigenvalue weighted by molar-refractivity contribution is 0.0998. The molecule has 1 amide bonds. The monoisotopic (exact) mass is 188 g/mol. The van der Waals surface area contributed by atoms with E-state index in [0.29, 0.717) is 5.56 Å². The van der Waals surface area contributed by atoms with Crippen LogP contribution in [-0.2, 0) is 0 Å². The Morgan fingerprint density at radius 2 is 2.29 bits per heavy atom. The molecule has 4 heteroatoms. The molecule has 1 aromatic carbocycles. The van der Waals surface area contributed by atoms with Crippen molar-refractivity contribution in [3.63, 3.8) is 0 Å². The van der Waals surface area contributed by atoms with Crippen molar-refractivity contribution in [3.05, 3.63) is 35.4 Å². The zero-order valence-electron chi connectivity index (χ0n) is 7.27. The Kier molecular flexibility index (Phi) is 2.87. The van der Waals surface area contributed by atoms with Crippen LogP contribution in [-0.4, -0.2) is 11.0 Å². The van der Waals surface area contributed by atoms with Crippen molar-refractivity contribution in [2.24, 2.45) is 5.73 Å². The molecule has 0 bridgehead atoms. The number of carbonyl (C=O) groups is 1. The summed E-state index contributed by atoms with van der Waals surface area (Å²) in [5.74, 6) is -0.860. The minimum atomic E-state index is -0.699. The van der Waals surface area contributed by atoms with Gasteiger partial charge in [0.05, 0.1) is 11.6 Å². The van der Waals surface area contributed by atoms with E-state index in [1.54, 1.807) is 6.07 Å². The quantitative estimate of drug-likeness (QED) is 0.679. The number of nitrogens with two attached hydrogens (primary N) is 1. The van der Waals surface area contributed by atoms with Crippen LogP contribution in [0.1, 0.15) is 15.9 Å². The molecular formula is C10H8N2O2. The van der Waals surface area contributed by atoms with Gasteiger partial charge in [-0.25, -0.2) is 0 Å². The second-order valence-electron chi connectivity index (χ2n) is 2.60. The summed E-state index contributed by atoms with van der Waals surface area (Å²) in [5.41, 5.74) is 5.71. The molecule has 0 spiro atoms. The number of rotatable bonds is 2. The lowest BCUT2D eigenvalue weighted by atomic mass is 10.1. The van der Waals surface area contributed by atoms with Crippen molar-refractivity contribution in [2.45, 2.75) is 0 Å². The fourth-order valence-electron chi connectivity index (χ4n) is 0.988. The van der Waals surface area contributed by atoms with Crippen LogP contribution >= 0.6 is 0 Å². The molecule has 0 aliphatic heterocycles. The number of hydrogen-bond acceptors (Lipinski definition) is 3. The van der Waals surface area contributed by atoms with Gasteiger partial charge in [0, 0.05) is 6.08 Å². The number of primary amides is 1. The van der Waals surface area contributed by atoms with Gasteiger partial charge in [0.1, 0.15) is 5.75 Å². The molecule has 1 rings (SSSR count). The standard InChI is InChI=1S/C10H8N2O2/c11-5-1-2-7-3-4-9(13)8(6-7)10(12)14/h1-4,6,13H,(H2,12,14). The fourth-order valence-corrected chi connectivity index (χ4v) is 0.988. The molecule has 0 saturated heterocycles. The van der Waals surface area contributed by atoms with E-state index in [2.05, 4.69) is 0 Å². The SMILES string of the molecule is N#CC=Cc1ccc(O)c(C(N)=O)c1. The summed E-state index contributed by atoms with van der Waals surface area (Å²) in [4.78, 5) is 10.8. The van der Waals surface area contributed by atoms with Crippen LogP contribution in [0.25, 0.3) is 6.08 Å². The summed E-state index contributed by atoms with van der Waals surface area (Å²) in [6.07, 6.45) is 2.79. The Morgan fingerprint density at radius 3 is 2.86 bits per heavy atom. The van der Waals surface area contributed by atoms with E-state index in [0.717, 1.165) is 0 Å². The summed E-state index contributed by atoms with van der Waals surface area (Å²) in [7, 11) is 0. The van der Waals surface area contributed by atoms with Gasteiger partial charge in [-0.05, 0) is 23.8 Å². The highest BCUT2D eigenvalue weighted by Crippen LogP contribution is 2.18. The maximum Gasteiger partial charge on any atom is 0.252 e. The number of amides is 1. The Balaban J connectivity index is 3.14. The van der Waals surface area contributed by atoms with Crippen LogP contribution in [0, 0.1) is 11.3 Å². The average molecular weight is 188 g/mol. The minimum absolute atomic E-state index is 0.0464. The van der Waals surface area contributed by atoms with E-state index < -0.39 is 5.91 Å². The second-order valence-corrected chi connectivity index (χ2v) is 2.60. The number of nitrogens with zero attached hydrogens (tertiary/aromatic N) is 1. The molecule has 0 aliphatic carbocycles. The molecule has 0 unspecified atom stereocenters. The van der Waals surface area contributed by atoms with Crippen molar-refractivity contribution >= 4 is 12.0 Å². The molecule has 0 fully saturated rings. The number of carbonyl (C=O) groups excluding carboxylic acids is 1. The molecule has 14 heavy (non-hydrogen) atoms. The van der Waals surface area contributed by atoms with E-state index in [4.69, 9.17) is 11.0 Å². The normalized spacial score (nSPS) is 9.93. The predicted molar refractivity (Wildman–Crippen MR) is 51.3 cm³/mol. The van der Waals surface area contributed by atoms with Crippen LogP contribution in [0.2, 0.25) is 0 Å². The van der Waals surface area contributed by atoms with Crippen LogP contribution in [0.3, 0.4) is 0 Å². The summed E-state index contributed by atoms with van der Waals surface area (Å²) < 4.78 is 0. The molecule has 0 heterocycles. The number of phenols is 1. The lowest BCUT2D eigenvalue weighted by Crippen LogP contribution is -2.11. The molecule has 4 nitrogen and oxygen atoms in total. The topological polar surface area (TPSA) is 87.1 Å². The Bertz CT molecular complexity index is 430. The van der Waals surface area contributed by atoms with Crippen molar-refractivity contribution < 1.29 is 9.90 Å². The summed E-state index contributed by atoms with van der Waals surface area (Å²) >= 11 is 0. The van der Waals surface area contributed by atoms with Crippen molar-refractivity contribution in [1.82, 2.24) is 0 Å². The average Bonchev–Trinajstić information content (AvgIpc) is 2.16. The third-order valence-corrected chi connectivity index (χ3v) is 1.64. The number of benzene rings is 1. The van der Waals surface area contributed by atoms with E-state index in [1.807, 2.05) is 6.07 Å². The maximum absolute atomic E-state index is 10.8. The smallest absolute Gasteiger partial charge is 0.252 e. The molecule has 0 atom stereocenters. The van der Waals surface area contributed by atoms with Crippen LogP contribution < -0.4 is 5.73 Å². The van der Waals surface area contributed by atoms with Gasteiger partial charge < -0.3 is 10.8 Å². The van der Waals surface area contributed by atoms with Gasteiger partial charge in [-0.1, -0.05) is 6.07 Å². The van der Waals surface area contributed by atoms with E-state index >= 15 is 0 Å². The van der Waals surface area contributed by atoms with Gasteiger partial charge in [-0.3, -0.25) is 4.79 Å². The van der Waals surface area contributed by atoms with Crippen LogP contribution in [0.5, 0.6) is 5.75 Å². The number of aromatic hydroxyl groups is 1. The molecule has 0 aromatic heterocycles. The van der Waals surface area contributed by atoms with Gasteiger partial charge >= 0.3 is 0 Å². The largest absolute Gasteiger partial charge is 0.507 e. The Labute approximate surface area is 80.9 Å². The Hall–Kier alpha value is -2.28. The predicted octanol–water partition coefficient (Wildman–Crippen LogP) is 1.03. The maximum atomic E-state index is 10.8. The number of hydrogen-bond donors (Lipinski definition) is 2. The molecule has 0 saturated carbocycles. The first-order chi connectivity index (χ1) is 6.65. The summed E-state index contributed by atoms with van der Waals surface area (Å²) in [6, 6.07) is 6.18. The Morgan fingerprint density at radius 1 is 1.57 bits per heavy atom. The molecule has 3 N–H and O–H groups in total. The van der Waals surface area contributed by atoms with Crippen LogP contribution in [0.4, 0.5) is 0 Å². The first-order valence-electron chi connectivity index (χ1n) is 3.84. The first-order valence-corrected chi connectivity index (χ1v) is 3.84.